The van der Waals surface area contributed by atoms with Crippen LogP contribution in [0, 0.1) is 0 Å². The molecule has 4 nitrogen and oxygen atoms in total. The summed E-state index contributed by atoms with van der Waals surface area (Å²) in [4.78, 5) is 19.9. The summed E-state index contributed by atoms with van der Waals surface area (Å²) >= 11 is 1.49. The lowest BCUT2D eigenvalue weighted by molar-refractivity contribution is 0.0753. The lowest BCUT2D eigenvalue weighted by atomic mass is 10.1. The molecule has 1 aromatic heterocycles. The molecule has 0 spiro atoms. The highest BCUT2D eigenvalue weighted by molar-refractivity contribution is 7.16. The maximum atomic E-state index is 12.7. The topological polar surface area (TPSA) is 45.2 Å². The molecule has 2 aliphatic heterocycles. The Bertz CT molecular complexity index is 679. The Labute approximate surface area is 158 Å². The van der Waals surface area contributed by atoms with E-state index in [9.17, 15) is 4.79 Å². The van der Waals surface area contributed by atoms with Gasteiger partial charge in [-0.05, 0) is 19.3 Å². The highest BCUT2D eigenvalue weighted by Gasteiger charge is 2.31. The van der Waals surface area contributed by atoms with Gasteiger partial charge in [0.2, 0.25) is 0 Å². The normalized spacial score (nSPS) is 22.2. The second-order valence-corrected chi connectivity index (χ2v) is 7.10. The van der Waals surface area contributed by atoms with Crippen molar-refractivity contribution >= 4 is 42.1 Å². The van der Waals surface area contributed by atoms with E-state index in [-0.39, 0.29) is 30.7 Å². The van der Waals surface area contributed by atoms with Gasteiger partial charge in [0.25, 0.3) is 5.91 Å². The van der Waals surface area contributed by atoms with Crippen LogP contribution in [0.15, 0.2) is 36.5 Å². The quantitative estimate of drug-likeness (QED) is 0.858. The molecule has 3 heterocycles. The van der Waals surface area contributed by atoms with Gasteiger partial charge in [0, 0.05) is 30.7 Å². The fraction of sp³-hybridized carbons (Fsp3) is 0.412. The number of likely N-dealkylation sites (tertiary alicyclic amines) is 1. The van der Waals surface area contributed by atoms with Crippen molar-refractivity contribution in [2.75, 3.05) is 13.1 Å². The number of aromatic nitrogens is 1. The van der Waals surface area contributed by atoms with Gasteiger partial charge in [0.1, 0.15) is 9.88 Å². The maximum Gasteiger partial charge on any atom is 0.265 e. The van der Waals surface area contributed by atoms with E-state index >= 15 is 0 Å². The molecule has 7 heteroatoms. The highest BCUT2D eigenvalue weighted by atomic mass is 35.5. The Balaban J connectivity index is 0.00000104. The number of hydrogen-bond donors (Lipinski definition) is 1. The van der Waals surface area contributed by atoms with Gasteiger partial charge in [-0.2, -0.15) is 0 Å². The lowest BCUT2D eigenvalue weighted by Crippen LogP contribution is -2.38. The van der Waals surface area contributed by atoms with Crippen molar-refractivity contribution in [3.05, 3.63) is 41.4 Å². The van der Waals surface area contributed by atoms with Gasteiger partial charge in [-0.1, -0.05) is 30.3 Å². The predicted octanol–water partition coefficient (Wildman–Crippen LogP) is 3.62. The number of nitrogens with zero attached hydrogens (tertiary/aromatic N) is 2. The van der Waals surface area contributed by atoms with Crippen molar-refractivity contribution in [2.24, 2.45) is 0 Å². The third kappa shape index (κ3) is 3.91. The summed E-state index contributed by atoms with van der Waals surface area (Å²) in [6, 6.07) is 11.1. The fourth-order valence-electron chi connectivity index (χ4n) is 3.37. The first kappa shape index (κ1) is 19.2. The van der Waals surface area contributed by atoms with Crippen LogP contribution in [0.5, 0.6) is 0 Å². The molecule has 4 rings (SSSR count). The molecule has 24 heavy (non-hydrogen) atoms. The van der Waals surface area contributed by atoms with Gasteiger partial charge in [-0.25, -0.2) is 4.98 Å². The summed E-state index contributed by atoms with van der Waals surface area (Å²) in [5.74, 6) is 0.133. The lowest BCUT2D eigenvalue weighted by Gasteiger charge is -2.23. The van der Waals surface area contributed by atoms with Crippen LogP contribution in [0.2, 0.25) is 0 Å². The number of carbonyl (C=O) groups is 1. The smallest absolute Gasteiger partial charge is 0.265 e. The number of hydrogen-bond acceptors (Lipinski definition) is 4. The summed E-state index contributed by atoms with van der Waals surface area (Å²) in [6.07, 6.45) is 5.23. The van der Waals surface area contributed by atoms with Crippen molar-refractivity contribution in [3.8, 4) is 10.6 Å². The molecule has 2 aromatic rings. The zero-order valence-electron chi connectivity index (χ0n) is 13.2. The van der Waals surface area contributed by atoms with E-state index in [2.05, 4.69) is 10.3 Å². The van der Waals surface area contributed by atoms with E-state index in [1.807, 2.05) is 35.2 Å². The molecular weight excluding hydrogens is 365 g/mol. The SMILES string of the molecule is Cl.Cl.O=C(c1cnc(-c2ccccc2)s1)N1CCC2CCC(C1)N2. The fourth-order valence-corrected chi connectivity index (χ4v) is 4.26. The van der Waals surface area contributed by atoms with Gasteiger partial charge in [-0.15, -0.1) is 36.2 Å². The first-order chi connectivity index (χ1) is 10.8. The molecule has 2 saturated heterocycles. The minimum atomic E-state index is 0. The predicted molar refractivity (Wildman–Crippen MR) is 103 cm³/mol. The zero-order valence-corrected chi connectivity index (χ0v) is 15.6. The van der Waals surface area contributed by atoms with Crippen LogP contribution in [0.3, 0.4) is 0 Å². The van der Waals surface area contributed by atoms with Gasteiger partial charge >= 0.3 is 0 Å². The molecular formula is C17H21Cl2N3OS. The van der Waals surface area contributed by atoms with Crippen molar-refractivity contribution in [1.29, 1.82) is 0 Å². The largest absolute Gasteiger partial charge is 0.336 e. The average Bonchev–Trinajstić information content (AvgIpc) is 3.14. The third-order valence-electron chi connectivity index (χ3n) is 4.55. The number of nitrogens with one attached hydrogen (secondary N) is 1. The molecule has 0 saturated carbocycles. The van der Waals surface area contributed by atoms with Crippen LogP contribution < -0.4 is 5.32 Å². The molecule has 0 radical (unpaired) electrons. The van der Waals surface area contributed by atoms with Crippen molar-refractivity contribution in [3.63, 3.8) is 0 Å². The second-order valence-electron chi connectivity index (χ2n) is 6.07. The summed E-state index contributed by atoms with van der Waals surface area (Å²) < 4.78 is 0. The van der Waals surface area contributed by atoms with Gasteiger partial charge in [0.05, 0.1) is 6.20 Å². The number of fused-ring (bicyclic) bond motifs is 2. The number of carbonyl (C=O) groups excluding carboxylic acids is 1. The number of thiazole rings is 1. The van der Waals surface area contributed by atoms with E-state index in [0.717, 1.165) is 35.0 Å². The standard InChI is InChI=1S/C17H19N3OS.2ClH/c21-17(20-9-8-13-6-7-14(11-20)19-13)15-10-18-16(22-15)12-4-2-1-3-5-12;;/h1-5,10,13-14,19H,6-9,11H2;2*1H. The van der Waals surface area contributed by atoms with Gasteiger partial charge in [-0.3, -0.25) is 4.79 Å². The van der Waals surface area contributed by atoms with Crippen LogP contribution >= 0.6 is 36.2 Å². The van der Waals surface area contributed by atoms with Crippen LogP contribution in [0.4, 0.5) is 0 Å². The van der Waals surface area contributed by atoms with Crippen LogP contribution in [-0.4, -0.2) is 41.0 Å². The van der Waals surface area contributed by atoms with Gasteiger partial charge in [0.15, 0.2) is 0 Å². The molecule has 130 valence electrons. The first-order valence-corrected chi connectivity index (χ1v) is 8.68. The summed E-state index contributed by atoms with van der Waals surface area (Å²) in [5.41, 5.74) is 1.07. The average molecular weight is 386 g/mol. The summed E-state index contributed by atoms with van der Waals surface area (Å²) in [5, 5.41) is 4.53. The molecule has 1 N–H and O–H groups in total. The Morgan fingerprint density at radius 2 is 1.88 bits per heavy atom. The van der Waals surface area contributed by atoms with E-state index in [4.69, 9.17) is 0 Å². The minimum absolute atomic E-state index is 0. The summed E-state index contributed by atoms with van der Waals surface area (Å²) in [6.45, 7) is 1.68. The van der Waals surface area contributed by atoms with Crippen LogP contribution in [-0.2, 0) is 0 Å². The highest BCUT2D eigenvalue weighted by Crippen LogP contribution is 2.27. The maximum absolute atomic E-state index is 12.7. The number of rotatable bonds is 2. The third-order valence-corrected chi connectivity index (χ3v) is 5.58. The van der Waals surface area contributed by atoms with E-state index < -0.39 is 0 Å². The molecule has 2 aliphatic rings. The Kier molecular flexibility index (Phi) is 6.63. The van der Waals surface area contributed by atoms with E-state index in [1.165, 1.54) is 24.2 Å². The first-order valence-electron chi connectivity index (χ1n) is 7.86. The van der Waals surface area contributed by atoms with E-state index in [0.29, 0.717) is 12.1 Å². The molecule has 0 aliphatic carbocycles. The van der Waals surface area contributed by atoms with Crippen LogP contribution in [0.25, 0.3) is 10.6 Å². The Morgan fingerprint density at radius 1 is 1.12 bits per heavy atom. The molecule has 1 aromatic carbocycles. The monoisotopic (exact) mass is 385 g/mol. The Morgan fingerprint density at radius 3 is 2.67 bits per heavy atom. The van der Waals surface area contributed by atoms with Crippen molar-refractivity contribution < 1.29 is 4.79 Å². The number of benzene rings is 1. The van der Waals surface area contributed by atoms with Gasteiger partial charge < -0.3 is 10.2 Å². The Hall–Kier alpha value is -1.14. The molecule has 2 unspecified atom stereocenters. The van der Waals surface area contributed by atoms with Crippen molar-refractivity contribution in [1.82, 2.24) is 15.2 Å². The van der Waals surface area contributed by atoms with E-state index in [1.54, 1.807) is 6.20 Å². The molecule has 1 amide bonds. The molecule has 2 fully saturated rings. The second kappa shape index (κ2) is 8.30. The zero-order chi connectivity index (χ0) is 14.9. The van der Waals surface area contributed by atoms with Crippen molar-refractivity contribution in [2.45, 2.75) is 31.3 Å². The minimum Gasteiger partial charge on any atom is -0.336 e. The molecule has 2 atom stereocenters. The summed E-state index contributed by atoms with van der Waals surface area (Å²) in [7, 11) is 0. The number of halogens is 2. The van der Waals surface area contributed by atoms with Crippen LogP contribution in [0.1, 0.15) is 28.9 Å². The molecule has 2 bridgehead atoms. The number of amides is 1.